The Bertz CT molecular complexity index is 254. The van der Waals surface area contributed by atoms with Crippen molar-refractivity contribution in [2.24, 2.45) is 0 Å². The van der Waals surface area contributed by atoms with Crippen molar-refractivity contribution in [1.82, 2.24) is 5.32 Å². The molecular formula is C11H17NOS. The highest BCUT2D eigenvalue weighted by Gasteiger charge is 2.16. The van der Waals surface area contributed by atoms with Crippen molar-refractivity contribution >= 4 is 11.8 Å². The van der Waals surface area contributed by atoms with E-state index in [4.69, 9.17) is 4.42 Å². The first-order valence-corrected chi connectivity index (χ1v) is 6.29. The van der Waals surface area contributed by atoms with Gasteiger partial charge in [0.2, 0.25) is 0 Å². The van der Waals surface area contributed by atoms with Crippen LogP contribution in [0.15, 0.2) is 22.8 Å². The fraction of sp³-hybridized carbons (Fsp3) is 0.636. The van der Waals surface area contributed by atoms with Crippen molar-refractivity contribution in [2.75, 3.05) is 12.3 Å². The lowest BCUT2D eigenvalue weighted by Crippen LogP contribution is -2.25. The Morgan fingerprint density at radius 1 is 1.71 bits per heavy atom. The molecule has 0 saturated carbocycles. The molecule has 0 aromatic carbocycles. The van der Waals surface area contributed by atoms with E-state index in [0.717, 1.165) is 17.6 Å². The number of furan rings is 1. The van der Waals surface area contributed by atoms with E-state index in [9.17, 15) is 0 Å². The lowest BCUT2D eigenvalue weighted by Gasteiger charge is -2.14. The molecule has 0 radical (unpaired) electrons. The summed E-state index contributed by atoms with van der Waals surface area (Å²) in [5.74, 6) is 2.37. The van der Waals surface area contributed by atoms with E-state index >= 15 is 0 Å². The van der Waals surface area contributed by atoms with Gasteiger partial charge in [0.05, 0.1) is 12.3 Å². The van der Waals surface area contributed by atoms with Gasteiger partial charge >= 0.3 is 0 Å². The molecule has 0 spiro atoms. The van der Waals surface area contributed by atoms with Crippen LogP contribution in [0.25, 0.3) is 0 Å². The van der Waals surface area contributed by atoms with Crippen LogP contribution in [0, 0.1) is 0 Å². The zero-order chi connectivity index (χ0) is 9.80. The molecule has 78 valence electrons. The first-order valence-electron chi connectivity index (χ1n) is 5.24. The summed E-state index contributed by atoms with van der Waals surface area (Å²) < 4.78 is 5.34. The minimum Gasteiger partial charge on any atom is -0.468 e. The van der Waals surface area contributed by atoms with Crippen LogP contribution in [-0.2, 0) is 0 Å². The Kier molecular flexibility index (Phi) is 3.54. The topological polar surface area (TPSA) is 25.2 Å². The fourth-order valence-corrected chi connectivity index (χ4v) is 2.97. The number of rotatable bonds is 4. The molecular weight excluding hydrogens is 194 g/mol. The molecule has 1 fully saturated rings. The summed E-state index contributed by atoms with van der Waals surface area (Å²) in [5.41, 5.74) is 0. The van der Waals surface area contributed by atoms with E-state index in [1.807, 2.05) is 12.1 Å². The predicted octanol–water partition coefficient (Wildman–Crippen LogP) is 2.83. The number of hydrogen-bond donors (Lipinski definition) is 1. The van der Waals surface area contributed by atoms with Crippen LogP contribution in [0.5, 0.6) is 0 Å². The molecule has 1 N–H and O–H groups in total. The van der Waals surface area contributed by atoms with Crippen molar-refractivity contribution in [3.8, 4) is 0 Å². The molecule has 1 aliphatic rings. The van der Waals surface area contributed by atoms with Gasteiger partial charge in [0.1, 0.15) is 5.76 Å². The Labute approximate surface area is 89.4 Å². The Hall–Kier alpha value is -0.410. The molecule has 3 heteroatoms. The minimum absolute atomic E-state index is 0.339. The molecule has 0 aliphatic carbocycles. The Morgan fingerprint density at radius 3 is 3.29 bits per heavy atom. The van der Waals surface area contributed by atoms with Gasteiger partial charge in [-0.15, -0.1) is 0 Å². The summed E-state index contributed by atoms with van der Waals surface area (Å²) in [4.78, 5) is 0. The summed E-state index contributed by atoms with van der Waals surface area (Å²) in [6, 6.07) is 4.31. The molecule has 0 bridgehead atoms. The average Bonchev–Trinajstić information content (AvgIpc) is 2.87. The molecule has 1 aromatic heterocycles. The third kappa shape index (κ3) is 2.55. The second kappa shape index (κ2) is 4.89. The van der Waals surface area contributed by atoms with E-state index in [2.05, 4.69) is 24.0 Å². The van der Waals surface area contributed by atoms with Crippen LogP contribution in [0.4, 0.5) is 0 Å². The van der Waals surface area contributed by atoms with Gasteiger partial charge in [0.15, 0.2) is 0 Å². The van der Waals surface area contributed by atoms with Crippen LogP contribution in [0.2, 0.25) is 0 Å². The zero-order valence-corrected chi connectivity index (χ0v) is 9.35. The summed E-state index contributed by atoms with van der Waals surface area (Å²) in [7, 11) is 0. The SMILES string of the molecule is CC(NCC1CCCS1)c1ccco1. The van der Waals surface area contributed by atoms with E-state index in [0.29, 0.717) is 6.04 Å². The van der Waals surface area contributed by atoms with Crippen LogP contribution in [0.3, 0.4) is 0 Å². The lowest BCUT2D eigenvalue weighted by atomic mass is 10.2. The molecule has 2 nitrogen and oxygen atoms in total. The van der Waals surface area contributed by atoms with Gasteiger partial charge in [-0.1, -0.05) is 0 Å². The number of nitrogens with one attached hydrogen (secondary N) is 1. The van der Waals surface area contributed by atoms with Crippen molar-refractivity contribution in [3.05, 3.63) is 24.2 Å². The molecule has 2 atom stereocenters. The molecule has 1 aliphatic heterocycles. The van der Waals surface area contributed by atoms with E-state index in [1.165, 1.54) is 18.6 Å². The molecule has 1 aromatic rings. The summed E-state index contributed by atoms with van der Waals surface area (Å²) in [5, 5.41) is 4.32. The maximum Gasteiger partial charge on any atom is 0.120 e. The summed E-state index contributed by atoms with van der Waals surface area (Å²) in [6.45, 7) is 3.25. The summed E-state index contributed by atoms with van der Waals surface area (Å²) in [6.07, 6.45) is 4.48. The van der Waals surface area contributed by atoms with Gasteiger partial charge in [-0.05, 0) is 37.7 Å². The molecule has 2 rings (SSSR count). The highest BCUT2D eigenvalue weighted by atomic mass is 32.2. The second-order valence-electron chi connectivity index (χ2n) is 3.78. The largest absolute Gasteiger partial charge is 0.468 e. The van der Waals surface area contributed by atoms with Gasteiger partial charge in [0, 0.05) is 11.8 Å². The first-order chi connectivity index (χ1) is 6.86. The van der Waals surface area contributed by atoms with Crippen molar-refractivity contribution in [1.29, 1.82) is 0 Å². The second-order valence-corrected chi connectivity index (χ2v) is 5.19. The normalized spacial score (nSPS) is 23.9. The smallest absolute Gasteiger partial charge is 0.120 e. The van der Waals surface area contributed by atoms with Crippen LogP contribution >= 0.6 is 11.8 Å². The van der Waals surface area contributed by atoms with Crippen molar-refractivity contribution < 1.29 is 4.42 Å². The predicted molar refractivity (Wildman–Crippen MR) is 60.6 cm³/mol. The summed E-state index contributed by atoms with van der Waals surface area (Å²) >= 11 is 2.09. The Morgan fingerprint density at radius 2 is 2.64 bits per heavy atom. The monoisotopic (exact) mass is 211 g/mol. The quantitative estimate of drug-likeness (QED) is 0.829. The van der Waals surface area contributed by atoms with Gasteiger partial charge in [0.25, 0.3) is 0 Å². The van der Waals surface area contributed by atoms with Gasteiger partial charge in [-0.3, -0.25) is 0 Å². The molecule has 1 saturated heterocycles. The Balaban J connectivity index is 1.74. The minimum atomic E-state index is 0.339. The third-order valence-electron chi connectivity index (χ3n) is 2.65. The number of thioether (sulfide) groups is 1. The third-order valence-corrected chi connectivity index (χ3v) is 4.04. The fourth-order valence-electron chi connectivity index (χ4n) is 1.75. The first kappa shape index (κ1) is 10.1. The van der Waals surface area contributed by atoms with Crippen molar-refractivity contribution in [3.63, 3.8) is 0 Å². The maximum atomic E-state index is 5.34. The van der Waals surface area contributed by atoms with E-state index in [-0.39, 0.29) is 0 Å². The standard InChI is InChI=1S/C11H17NOS/c1-9(11-5-2-6-13-11)12-8-10-4-3-7-14-10/h2,5-6,9-10,12H,3-4,7-8H2,1H3. The van der Waals surface area contributed by atoms with Gasteiger partial charge in [-0.2, -0.15) is 11.8 Å². The lowest BCUT2D eigenvalue weighted by molar-refractivity contribution is 0.430. The molecule has 2 unspecified atom stereocenters. The molecule has 0 amide bonds. The number of hydrogen-bond acceptors (Lipinski definition) is 3. The van der Waals surface area contributed by atoms with Crippen LogP contribution in [0.1, 0.15) is 31.6 Å². The van der Waals surface area contributed by atoms with Crippen LogP contribution < -0.4 is 5.32 Å². The highest BCUT2D eigenvalue weighted by Crippen LogP contribution is 2.26. The zero-order valence-electron chi connectivity index (χ0n) is 8.53. The average molecular weight is 211 g/mol. The highest BCUT2D eigenvalue weighted by molar-refractivity contribution is 8.00. The maximum absolute atomic E-state index is 5.34. The van der Waals surface area contributed by atoms with Gasteiger partial charge in [-0.25, -0.2) is 0 Å². The molecule has 14 heavy (non-hydrogen) atoms. The molecule has 2 heterocycles. The van der Waals surface area contributed by atoms with E-state index in [1.54, 1.807) is 6.26 Å². The van der Waals surface area contributed by atoms with Gasteiger partial charge < -0.3 is 9.73 Å². The van der Waals surface area contributed by atoms with Crippen LogP contribution in [-0.4, -0.2) is 17.5 Å². The van der Waals surface area contributed by atoms with E-state index < -0.39 is 0 Å². The van der Waals surface area contributed by atoms with Crippen molar-refractivity contribution in [2.45, 2.75) is 31.1 Å².